The van der Waals surface area contributed by atoms with E-state index in [0.717, 1.165) is 56.8 Å². The predicted molar refractivity (Wildman–Crippen MR) is 91.6 cm³/mol. The zero-order chi connectivity index (χ0) is 16.2. The lowest BCUT2D eigenvalue weighted by Gasteiger charge is -2.21. The second-order valence-electron chi connectivity index (χ2n) is 6.79. The van der Waals surface area contributed by atoms with Crippen LogP contribution in [0.2, 0.25) is 0 Å². The minimum absolute atomic E-state index is 0.122. The van der Waals surface area contributed by atoms with Crippen molar-refractivity contribution in [3.05, 3.63) is 24.3 Å². The van der Waals surface area contributed by atoms with Crippen LogP contribution in [0.1, 0.15) is 25.7 Å². The topological polar surface area (TPSA) is 67.6 Å². The van der Waals surface area contributed by atoms with Gasteiger partial charge in [0.15, 0.2) is 0 Å². The van der Waals surface area contributed by atoms with E-state index in [1.165, 1.54) is 0 Å². The first-order valence-electron chi connectivity index (χ1n) is 8.58. The minimum Gasteiger partial charge on any atom is -0.495 e. The fourth-order valence-corrected chi connectivity index (χ4v) is 3.75. The normalized spacial score (nSPS) is 27.2. The van der Waals surface area contributed by atoms with Gasteiger partial charge < -0.3 is 20.7 Å². The van der Waals surface area contributed by atoms with E-state index in [2.05, 4.69) is 16.3 Å². The van der Waals surface area contributed by atoms with Crippen LogP contribution >= 0.6 is 0 Å². The third-order valence-electron chi connectivity index (χ3n) is 5.12. The van der Waals surface area contributed by atoms with Crippen LogP contribution in [0.15, 0.2) is 24.3 Å². The Morgan fingerprint density at radius 1 is 1.35 bits per heavy atom. The molecule has 1 saturated carbocycles. The molecule has 3 atom stereocenters. The van der Waals surface area contributed by atoms with Crippen molar-refractivity contribution in [3.8, 4) is 5.75 Å². The van der Waals surface area contributed by atoms with Crippen molar-refractivity contribution in [2.24, 2.45) is 17.6 Å². The molecule has 0 aromatic heterocycles. The lowest BCUT2D eigenvalue weighted by Crippen LogP contribution is -2.35. The molecule has 3 rings (SSSR count). The number of nitrogens with one attached hydrogen (secondary N) is 1. The fraction of sp³-hybridized carbons (Fsp3) is 0.611. The summed E-state index contributed by atoms with van der Waals surface area (Å²) < 4.78 is 5.45. The summed E-state index contributed by atoms with van der Waals surface area (Å²) in [4.78, 5) is 14.5. The summed E-state index contributed by atoms with van der Waals surface area (Å²) >= 11 is 0. The summed E-state index contributed by atoms with van der Waals surface area (Å²) in [5, 5.41) is 3.14. The molecule has 1 aliphatic heterocycles. The van der Waals surface area contributed by atoms with Gasteiger partial charge in [0.1, 0.15) is 5.75 Å². The lowest BCUT2D eigenvalue weighted by molar-refractivity contribution is -0.125. The number of benzene rings is 1. The highest BCUT2D eigenvalue weighted by molar-refractivity contribution is 5.79. The molecule has 5 heteroatoms. The second kappa shape index (κ2) is 7.21. The third kappa shape index (κ3) is 3.78. The number of para-hydroxylation sites is 2. The number of hydrogen-bond donors (Lipinski definition) is 2. The Balaban J connectivity index is 1.49. The Morgan fingerprint density at radius 3 is 2.91 bits per heavy atom. The highest BCUT2D eigenvalue weighted by atomic mass is 16.5. The number of ether oxygens (including phenoxy) is 1. The molecule has 126 valence electrons. The number of hydrogen-bond acceptors (Lipinski definition) is 4. The van der Waals surface area contributed by atoms with Crippen molar-refractivity contribution in [2.75, 3.05) is 31.6 Å². The van der Waals surface area contributed by atoms with E-state index < -0.39 is 0 Å². The molecule has 1 aromatic rings. The van der Waals surface area contributed by atoms with Gasteiger partial charge in [0.25, 0.3) is 0 Å². The zero-order valence-corrected chi connectivity index (χ0v) is 13.8. The van der Waals surface area contributed by atoms with Crippen LogP contribution in [0, 0.1) is 11.8 Å². The zero-order valence-electron chi connectivity index (χ0n) is 13.8. The van der Waals surface area contributed by atoms with E-state index in [0.29, 0.717) is 5.92 Å². The van der Waals surface area contributed by atoms with Crippen molar-refractivity contribution < 1.29 is 9.53 Å². The van der Waals surface area contributed by atoms with Crippen LogP contribution < -0.4 is 20.7 Å². The Morgan fingerprint density at radius 2 is 2.17 bits per heavy atom. The number of rotatable bonds is 5. The van der Waals surface area contributed by atoms with Crippen LogP contribution in [0.3, 0.4) is 0 Å². The van der Waals surface area contributed by atoms with E-state index in [4.69, 9.17) is 10.5 Å². The average Bonchev–Trinajstić information content (AvgIpc) is 3.21. The van der Waals surface area contributed by atoms with Crippen molar-refractivity contribution in [3.63, 3.8) is 0 Å². The minimum atomic E-state index is 0.122. The van der Waals surface area contributed by atoms with Crippen molar-refractivity contribution >= 4 is 11.6 Å². The first kappa shape index (κ1) is 16.1. The Hall–Kier alpha value is -1.75. The van der Waals surface area contributed by atoms with Gasteiger partial charge in [-0.15, -0.1) is 0 Å². The molecule has 1 amide bonds. The van der Waals surface area contributed by atoms with Gasteiger partial charge in [-0.1, -0.05) is 12.1 Å². The SMILES string of the molecule is COc1ccccc1N1CC[C@H](CNC(=O)[C@H]2CC[C@@H](N)C2)C1. The number of carbonyl (C=O) groups is 1. The van der Waals surface area contributed by atoms with Gasteiger partial charge in [0, 0.05) is 31.6 Å². The summed E-state index contributed by atoms with van der Waals surface area (Å²) in [6, 6.07) is 8.32. The Bertz CT molecular complexity index is 549. The van der Waals surface area contributed by atoms with E-state index in [1.54, 1.807) is 7.11 Å². The standard InChI is InChI=1S/C18H27N3O2/c1-23-17-5-3-2-4-16(17)21-9-8-13(12-21)11-20-18(22)14-6-7-15(19)10-14/h2-5,13-15H,6-12,19H2,1H3,(H,20,22)/t13-,14+,15-/m1/s1. The van der Waals surface area contributed by atoms with Gasteiger partial charge >= 0.3 is 0 Å². The summed E-state index contributed by atoms with van der Waals surface area (Å²) in [5.74, 6) is 1.72. The van der Waals surface area contributed by atoms with Gasteiger partial charge in [-0.05, 0) is 43.7 Å². The largest absolute Gasteiger partial charge is 0.495 e. The Labute approximate surface area is 138 Å². The third-order valence-corrected chi connectivity index (χ3v) is 5.12. The van der Waals surface area contributed by atoms with E-state index in [-0.39, 0.29) is 17.9 Å². The molecular weight excluding hydrogens is 290 g/mol. The number of nitrogens with two attached hydrogens (primary N) is 1. The number of anilines is 1. The number of methoxy groups -OCH3 is 1. The molecule has 5 nitrogen and oxygen atoms in total. The van der Waals surface area contributed by atoms with Gasteiger partial charge in [-0.25, -0.2) is 0 Å². The van der Waals surface area contributed by atoms with Crippen LogP contribution in [-0.2, 0) is 4.79 Å². The summed E-state index contributed by atoms with van der Waals surface area (Å²) in [6.07, 6.45) is 3.85. The summed E-state index contributed by atoms with van der Waals surface area (Å²) in [7, 11) is 1.71. The average molecular weight is 317 g/mol. The summed E-state index contributed by atoms with van der Waals surface area (Å²) in [5.41, 5.74) is 7.04. The smallest absolute Gasteiger partial charge is 0.223 e. The molecule has 1 saturated heterocycles. The maximum absolute atomic E-state index is 12.2. The molecule has 0 radical (unpaired) electrons. The van der Waals surface area contributed by atoms with Crippen LogP contribution in [-0.4, -0.2) is 38.7 Å². The molecule has 0 unspecified atom stereocenters. The molecule has 2 aliphatic rings. The monoisotopic (exact) mass is 317 g/mol. The molecule has 1 aromatic carbocycles. The number of amides is 1. The van der Waals surface area contributed by atoms with Crippen molar-refractivity contribution in [1.29, 1.82) is 0 Å². The molecular formula is C18H27N3O2. The molecule has 1 heterocycles. The lowest BCUT2D eigenvalue weighted by atomic mass is 10.1. The molecule has 1 aliphatic carbocycles. The van der Waals surface area contributed by atoms with E-state index in [9.17, 15) is 4.79 Å². The number of nitrogens with zero attached hydrogens (tertiary/aromatic N) is 1. The highest BCUT2D eigenvalue weighted by Gasteiger charge is 2.29. The first-order chi connectivity index (χ1) is 11.2. The summed E-state index contributed by atoms with van der Waals surface area (Å²) in [6.45, 7) is 2.73. The van der Waals surface area contributed by atoms with E-state index in [1.807, 2.05) is 18.2 Å². The molecule has 3 N–H and O–H groups in total. The quantitative estimate of drug-likeness (QED) is 0.868. The van der Waals surface area contributed by atoms with Crippen molar-refractivity contribution in [2.45, 2.75) is 31.7 Å². The Kier molecular flexibility index (Phi) is 5.06. The number of carbonyl (C=O) groups excluding carboxylic acids is 1. The fourth-order valence-electron chi connectivity index (χ4n) is 3.75. The maximum Gasteiger partial charge on any atom is 0.223 e. The molecule has 0 bridgehead atoms. The van der Waals surface area contributed by atoms with Crippen molar-refractivity contribution in [1.82, 2.24) is 5.32 Å². The van der Waals surface area contributed by atoms with Gasteiger partial charge in [-0.3, -0.25) is 4.79 Å². The highest BCUT2D eigenvalue weighted by Crippen LogP contribution is 2.32. The molecule has 23 heavy (non-hydrogen) atoms. The maximum atomic E-state index is 12.2. The molecule has 0 spiro atoms. The van der Waals surface area contributed by atoms with Crippen LogP contribution in [0.5, 0.6) is 5.75 Å². The van der Waals surface area contributed by atoms with Gasteiger partial charge in [0.05, 0.1) is 12.8 Å². The van der Waals surface area contributed by atoms with Gasteiger partial charge in [-0.2, -0.15) is 0 Å². The van der Waals surface area contributed by atoms with Crippen LogP contribution in [0.25, 0.3) is 0 Å². The second-order valence-corrected chi connectivity index (χ2v) is 6.79. The van der Waals surface area contributed by atoms with E-state index >= 15 is 0 Å². The van der Waals surface area contributed by atoms with Crippen LogP contribution in [0.4, 0.5) is 5.69 Å². The first-order valence-corrected chi connectivity index (χ1v) is 8.58. The predicted octanol–water partition coefficient (Wildman–Crippen LogP) is 1.77. The molecule has 2 fully saturated rings. The van der Waals surface area contributed by atoms with Gasteiger partial charge in [0.2, 0.25) is 5.91 Å².